The molecule has 0 bridgehead atoms. The molecule has 1 aromatic carbocycles. The fraction of sp³-hybridized carbons (Fsp3) is 0.480. The molecule has 2 amide bonds. The lowest BCUT2D eigenvalue weighted by atomic mass is 10.0. The molecule has 2 aliphatic rings. The standard InChI is InChI=1S/C25H31N5O3/c1-16-17(2)30(20-6-8-21(33-3)9-7-20)24(22(16)14-26)28-23(31)15-29-12-10-19(11-13-29)27-25(32)18-4-5-18/h6-9,18-19H,4-5,10-13,15H2,1-3H3,(H,27,32)(H,28,31). The van der Waals surface area contributed by atoms with Crippen LogP contribution in [0.15, 0.2) is 24.3 Å². The second kappa shape index (κ2) is 9.67. The molecule has 1 aliphatic heterocycles. The summed E-state index contributed by atoms with van der Waals surface area (Å²) in [6.07, 6.45) is 3.70. The van der Waals surface area contributed by atoms with E-state index in [2.05, 4.69) is 21.6 Å². The Balaban J connectivity index is 1.42. The highest BCUT2D eigenvalue weighted by atomic mass is 16.5. The van der Waals surface area contributed by atoms with Gasteiger partial charge in [-0.2, -0.15) is 5.26 Å². The molecule has 1 saturated carbocycles. The average molecular weight is 450 g/mol. The molecule has 0 unspecified atom stereocenters. The van der Waals surface area contributed by atoms with Crippen molar-refractivity contribution in [1.82, 2.24) is 14.8 Å². The quantitative estimate of drug-likeness (QED) is 0.677. The molecule has 2 aromatic rings. The zero-order valence-electron chi connectivity index (χ0n) is 19.5. The second-order valence-electron chi connectivity index (χ2n) is 8.96. The number of carbonyl (C=O) groups is 2. The van der Waals surface area contributed by atoms with E-state index in [1.807, 2.05) is 42.7 Å². The van der Waals surface area contributed by atoms with Crippen LogP contribution in [0.1, 0.15) is 42.5 Å². The minimum atomic E-state index is -0.153. The van der Waals surface area contributed by atoms with E-state index in [9.17, 15) is 14.9 Å². The van der Waals surface area contributed by atoms with Crippen LogP contribution in [0.2, 0.25) is 0 Å². The number of aromatic nitrogens is 1. The number of nitrogens with one attached hydrogen (secondary N) is 2. The lowest BCUT2D eigenvalue weighted by Gasteiger charge is -2.32. The van der Waals surface area contributed by atoms with E-state index < -0.39 is 0 Å². The number of ether oxygens (including phenoxy) is 1. The van der Waals surface area contributed by atoms with E-state index in [1.165, 1.54) is 0 Å². The summed E-state index contributed by atoms with van der Waals surface area (Å²) in [5.74, 6) is 1.48. The highest BCUT2D eigenvalue weighted by Gasteiger charge is 2.32. The van der Waals surface area contributed by atoms with Gasteiger partial charge in [-0.15, -0.1) is 0 Å². The van der Waals surface area contributed by atoms with E-state index in [0.29, 0.717) is 11.4 Å². The third-order valence-electron chi connectivity index (χ3n) is 6.66. The van der Waals surface area contributed by atoms with E-state index in [4.69, 9.17) is 4.74 Å². The number of likely N-dealkylation sites (tertiary alicyclic amines) is 1. The van der Waals surface area contributed by atoms with Gasteiger partial charge in [0, 0.05) is 36.4 Å². The summed E-state index contributed by atoms with van der Waals surface area (Å²) in [6.45, 7) is 5.60. The van der Waals surface area contributed by atoms with Gasteiger partial charge in [0.25, 0.3) is 0 Å². The van der Waals surface area contributed by atoms with Gasteiger partial charge in [-0.3, -0.25) is 19.1 Å². The van der Waals surface area contributed by atoms with Crippen molar-refractivity contribution in [3.05, 3.63) is 41.1 Å². The lowest BCUT2D eigenvalue weighted by Crippen LogP contribution is -2.47. The first-order valence-corrected chi connectivity index (χ1v) is 11.5. The Hall–Kier alpha value is -3.31. The van der Waals surface area contributed by atoms with Gasteiger partial charge in [0.1, 0.15) is 17.6 Å². The van der Waals surface area contributed by atoms with Gasteiger partial charge < -0.3 is 15.4 Å². The normalized spacial score (nSPS) is 16.8. The zero-order valence-corrected chi connectivity index (χ0v) is 19.5. The van der Waals surface area contributed by atoms with Crippen LogP contribution in [0.5, 0.6) is 5.75 Å². The third kappa shape index (κ3) is 5.04. The molecule has 0 radical (unpaired) electrons. The van der Waals surface area contributed by atoms with E-state index >= 15 is 0 Å². The molecular weight excluding hydrogens is 418 g/mol. The number of carbonyl (C=O) groups excluding carboxylic acids is 2. The predicted octanol–water partition coefficient (Wildman–Crippen LogP) is 2.90. The summed E-state index contributed by atoms with van der Waals surface area (Å²) in [4.78, 5) is 27.0. The number of nitriles is 1. The Bertz CT molecular complexity index is 1070. The summed E-state index contributed by atoms with van der Waals surface area (Å²) >= 11 is 0. The fourth-order valence-electron chi connectivity index (χ4n) is 4.39. The number of piperidine rings is 1. The summed E-state index contributed by atoms with van der Waals surface area (Å²) < 4.78 is 7.16. The van der Waals surface area contributed by atoms with Crippen molar-refractivity contribution in [1.29, 1.82) is 5.26 Å². The van der Waals surface area contributed by atoms with Crippen molar-refractivity contribution in [2.75, 3.05) is 32.1 Å². The maximum atomic E-state index is 12.9. The van der Waals surface area contributed by atoms with Crippen molar-refractivity contribution in [3.63, 3.8) is 0 Å². The number of anilines is 1. The molecule has 8 nitrogen and oxygen atoms in total. The predicted molar refractivity (Wildman–Crippen MR) is 125 cm³/mol. The molecule has 2 fully saturated rings. The van der Waals surface area contributed by atoms with E-state index in [-0.39, 0.29) is 30.3 Å². The SMILES string of the molecule is COc1ccc(-n2c(C)c(C)c(C#N)c2NC(=O)CN2CCC(NC(=O)C3CC3)CC2)cc1. The maximum Gasteiger partial charge on any atom is 0.239 e. The smallest absolute Gasteiger partial charge is 0.239 e. The second-order valence-corrected chi connectivity index (χ2v) is 8.96. The average Bonchev–Trinajstić information content (AvgIpc) is 3.63. The fourth-order valence-corrected chi connectivity index (χ4v) is 4.39. The molecule has 174 valence electrons. The minimum absolute atomic E-state index is 0.153. The molecule has 2 N–H and O–H groups in total. The molecular formula is C25H31N5O3. The van der Waals surface area contributed by atoms with Crippen LogP contribution in [0, 0.1) is 31.1 Å². The van der Waals surface area contributed by atoms with Gasteiger partial charge in [-0.25, -0.2) is 0 Å². The first-order chi connectivity index (χ1) is 15.9. The number of rotatable bonds is 7. The number of benzene rings is 1. The van der Waals surface area contributed by atoms with Crippen LogP contribution in [0.3, 0.4) is 0 Å². The number of amides is 2. The number of nitrogens with zero attached hydrogens (tertiary/aromatic N) is 3. The summed E-state index contributed by atoms with van der Waals surface area (Å²) in [7, 11) is 1.61. The highest BCUT2D eigenvalue weighted by Crippen LogP contribution is 2.31. The molecule has 1 saturated heterocycles. The third-order valence-corrected chi connectivity index (χ3v) is 6.66. The Kier molecular flexibility index (Phi) is 6.70. The maximum absolute atomic E-state index is 12.9. The molecule has 4 rings (SSSR count). The largest absolute Gasteiger partial charge is 0.497 e. The number of methoxy groups -OCH3 is 1. The molecule has 8 heteroatoms. The first kappa shape index (κ1) is 22.9. The van der Waals surface area contributed by atoms with Gasteiger partial charge in [-0.1, -0.05) is 0 Å². The highest BCUT2D eigenvalue weighted by molar-refractivity contribution is 5.93. The molecule has 33 heavy (non-hydrogen) atoms. The van der Waals surface area contributed by atoms with Crippen molar-refractivity contribution in [2.24, 2.45) is 5.92 Å². The molecule has 1 aliphatic carbocycles. The topological polar surface area (TPSA) is 99.4 Å². The zero-order chi connectivity index (χ0) is 23.5. The Labute approximate surface area is 194 Å². The molecule has 1 aromatic heterocycles. The van der Waals surface area contributed by atoms with E-state index in [1.54, 1.807) is 7.11 Å². The minimum Gasteiger partial charge on any atom is -0.497 e. The Morgan fingerprint density at radius 2 is 1.79 bits per heavy atom. The van der Waals surface area contributed by atoms with Gasteiger partial charge in [0.05, 0.1) is 19.2 Å². The van der Waals surface area contributed by atoms with Crippen LogP contribution >= 0.6 is 0 Å². The van der Waals surface area contributed by atoms with Gasteiger partial charge >= 0.3 is 0 Å². The van der Waals surface area contributed by atoms with Crippen LogP contribution in [0.25, 0.3) is 5.69 Å². The lowest BCUT2D eigenvalue weighted by molar-refractivity contribution is -0.123. The molecule has 0 spiro atoms. The van der Waals surface area contributed by atoms with E-state index in [0.717, 1.165) is 61.5 Å². The molecule has 2 heterocycles. The van der Waals surface area contributed by atoms with Crippen LogP contribution in [0.4, 0.5) is 5.82 Å². The van der Waals surface area contributed by atoms with Crippen LogP contribution in [-0.4, -0.2) is 54.1 Å². The number of hydrogen-bond acceptors (Lipinski definition) is 5. The van der Waals surface area contributed by atoms with Crippen molar-refractivity contribution >= 4 is 17.6 Å². The monoisotopic (exact) mass is 449 g/mol. The van der Waals surface area contributed by atoms with Gasteiger partial charge in [0.15, 0.2) is 0 Å². The first-order valence-electron chi connectivity index (χ1n) is 11.5. The van der Waals surface area contributed by atoms with Crippen LogP contribution < -0.4 is 15.4 Å². The molecule has 0 atom stereocenters. The Morgan fingerprint density at radius 1 is 1.12 bits per heavy atom. The van der Waals surface area contributed by atoms with Crippen LogP contribution in [-0.2, 0) is 9.59 Å². The van der Waals surface area contributed by atoms with Gasteiger partial charge in [-0.05, 0) is 69.4 Å². The summed E-state index contributed by atoms with van der Waals surface area (Å²) in [6, 6.07) is 9.97. The number of hydrogen-bond donors (Lipinski definition) is 2. The van der Waals surface area contributed by atoms with Gasteiger partial charge in [0.2, 0.25) is 11.8 Å². The van der Waals surface area contributed by atoms with Crippen molar-refractivity contribution < 1.29 is 14.3 Å². The van der Waals surface area contributed by atoms with Crippen molar-refractivity contribution in [2.45, 2.75) is 45.6 Å². The summed E-state index contributed by atoms with van der Waals surface area (Å²) in [5.41, 5.74) is 3.06. The Morgan fingerprint density at radius 3 is 2.36 bits per heavy atom. The van der Waals surface area contributed by atoms with Crippen molar-refractivity contribution in [3.8, 4) is 17.5 Å². The summed E-state index contributed by atoms with van der Waals surface area (Å²) in [5, 5.41) is 15.9.